The summed E-state index contributed by atoms with van der Waals surface area (Å²) in [5.41, 5.74) is 3.15. The molecule has 0 spiro atoms. The number of rotatable bonds is 8. The minimum atomic E-state index is -0.608. The zero-order chi connectivity index (χ0) is 22.2. The van der Waals surface area contributed by atoms with E-state index in [0.29, 0.717) is 32.1 Å². The fourth-order valence-corrected chi connectivity index (χ4v) is 3.62. The van der Waals surface area contributed by atoms with Crippen molar-refractivity contribution in [1.82, 2.24) is 10.2 Å². The maximum Gasteiger partial charge on any atom is 0.245 e. The Kier molecular flexibility index (Phi) is 7.70. The molecule has 164 valence electrons. The summed E-state index contributed by atoms with van der Waals surface area (Å²) < 4.78 is 11.4. The van der Waals surface area contributed by atoms with Crippen LogP contribution in [-0.4, -0.2) is 42.5 Å². The van der Waals surface area contributed by atoms with Crippen molar-refractivity contribution in [2.75, 3.05) is 19.8 Å². The van der Waals surface area contributed by atoms with Gasteiger partial charge in [0, 0.05) is 19.2 Å². The Labute approximate surface area is 183 Å². The molecule has 1 heterocycles. The van der Waals surface area contributed by atoms with Gasteiger partial charge in [-0.25, -0.2) is 0 Å². The highest BCUT2D eigenvalue weighted by atomic mass is 16.5. The Hall–Kier alpha value is -3.28. The van der Waals surface area contributed by atoms with E-state index in [0.717, 1.165) is 23.3 Å². The number of benzene rings is 2. The zero-order valence-corrected chi connectivity index (χ0v) is 18.4. The van der Waals surface area contributed by atoms with Crippen LogP contribution < -0.4 is 14.8 Å². The quantitative estimate of drug-likeness (QED) is 0.660. The first-order chi connectivity index (χ1) is 15.0. The lowest BCUT2D eigenvalue weighted by Gasteiger charge is -2.31. The number of fused-ring (bicyclic) bond motifs is 1. The molecular weight excluding hydrogens is 392 g/mol. The molecule has 3 rings (SSSR count). The van der Waals surface area contributed by atoms with Crippen molar-refractivity contribution in [3.05, 3.63) is 65.2 Å². The molecule has 0 bridgehead atoms. The molecule has 1 N–H and O–H groups in total. The van der Waals surface area contributed by atoms with E-state index in [1.165, 1.54) is 11.6 Å². The molecule has 0 aliphatic carbocycles. The topological polar surface area (TPSA) is 67.9 Å². The van der Waals surface area contributed by atoms with E-state index in [2.05, 4.69) is 5.32 Å². The predicted octanol–water partition coefficient (Wildman–Crippen LogP) is 3.59. The molecule has 6 nitrogen and oxygen atoms in total. The number of hydrogen-bond donors (Lipinski definition) is 1. The van der Waals surface area contributed by atoms with Gasteiger partial charge in [0.1, 0.15) is 6.04 Å². The van der Waals surface area contributed by atoms with Crippen molar-refractivity contribution in [1.29, 1.82) is 0 Å². The van der Waals surface area contributed by atoms with Crippen LogP contribution in [0.3, 0.4) is 0 Å². The summed E-state index contributed by atoms with van der Waals surface area (Å²) in [4.78, 5) is 26.9. The molecule has 0 aromatic heterocycles. The Morgan fingerprint density at radius 2 is 1.71 bits per heavy atom. The van der Waals surface area contributed by atoms with E-state index in [-0.39, 0.29) is 11.8 Å². The average molecular weight is 423 g/mol. The lowest BCUT2D eigenvalue weighted by atomic mass is 9.98. The molecule has 2 amide bonds. The Morgan fingerprint density at radius 1 is 1.06 bits per heavy atom. The summed E-state index contributed by atoms with van der Waals surface area (Å²) in [7, 11) is 0. The highest BCUT2D eigenvalue weighted by molar-refractivity contribution is 5.95. The second-order valence-corrected chi connectivity index (χ2v) is 7.42. The second-order valence-electron chi connectivity index (χ2n) is 7.42. The van der Waals surface area contributed by atoms with Crippen LogP contribution >= 0.6 is 0 Å². The van der Waals surface area contributed by atoms with Crippen LogP contribution in [0.5, 0.6) is 11.5 Å². The maximum atomic E-state index is 12.9. The zero-order valence-electron chi connectivity index (χ0n) is 18.4. The summed E-state index contributed by atoms with van der Waals surface area (Å²) in [6.07, 6.45) is 3.92. The summed E-state index contributed by atoms with van der Waals surface area (Å²) in [6, 6.07) is 12.9. The number of ether oxygens (including phenoxy) is 2. The number of hydrogen-bond acceptors (Lipinski definition) is 4. The van der Waals surface area contributed by atoms with Gasteiger partial charge in [0.15, 0.2) is 11.5 Å². The van der Waals surface area contributed by atoms with Gasteiger partial charge in [0.05, 0.1) is 13.2 Å². The van der Waals surface area contributed by atoms with E-state index in [4.69, 9.17) is 9.47 Å². The van der Waals surface area contributed by atoms with E-state index in [1.807, 2.05) is 56.3 Å². The summed E-state index contributed by atoms with van der Waals surface area (Å²) in [5.74, 6) is 1.06. The van der Waals surface area contributed by atoms with Crippen LogP contribution in [0, 0.1) is 0 Å². The molecule has 6 heteroatoms. The van der Waals surface area contributed by atoms with Gasteiger partial charge >= 0.3 is 0 Å². The Morgan fingerprint density at radius 3 is 2.35 bits per heavy atom. The van der Waals surface area contributed by atoms with Crippen LogP contribution in [0.4, 0.5) is 0 Å². The average Bonchev–Trinajstić information content (AvgIpc) is 2.78. The first-order valence-corrected chi connectivity index (χ1v) is 10.8. The SMILES string of the molecule is CCOc1cc2c(cc1OCC)CN(C(=O)C(C)NC(=O)/C=C/c1ccccc1)CC2. The van der Waals surface area contributed by atoms with Gasteiger partial charge in [0.25, 0.3) is 0 Å². The Balaban J connectivity index is 1.63. The minimum Gasteiger partial charge on any atom is -0.490 e. The molecule has 2 aromatic carbocycles. The number of nitrogens with zero attached hydrogens (tertiary/aromatic N) is 1. The van der Waals surface area contributed by atoms with Gasteiger partial charge in [-0.1, -0.05) is 30.3 Å². The van der Waals surface area contributed by atoms with Crippen molar-refractivity contribution in [2.24, 2.45) is 0 Å². The number of nitrogens with one attached hydrogen (secondary N) is 1. The predicted molar refractivity (Wildman–Crippen MR) is 121 cm³/mol. The second kappa shape index (κ2) is 10.7. The highest BCUT2D eigenvalue weighted by Gasteiger charge is 2.26. The summed E-state index contributed by atoms with van der Waals surface area (Å²) in [6.45, 7) is 7.80. The smallest absolute Gasteiger partial charge is 0.245 e. The van der Waals surface area contributed by atoms with Crippen molar-refractivity contribution in [3.8, 4) is 11.5 Å². The van der Waals surface area contributed by atoms with E-state index in [1.54, 1.807) is 17.9 Å². The molecule has 0 saturated carbocycles. The van der Waals surface area contributed by atoms with Crippen LogP contribution in [0.25, 0.3) is 6.08 Å². The van der Waals surface area contributed by atoms with E-state index in [9.17, 15) is 9.59 Å². The summed E-state index contributed by atoms with van der Waals surface area (Å²) in [5, 5.41) is 2.77. The molecule has 1 aliphatic rings. The van der Waals surface area contributed by atoms with Gasteiger partial charge in [-0.15, -0.1) is 0 Å². The molecule has 0 fully saturated rings. The van der Waals surface area contributed by atoms with Crippen molar-refractivity contribution >= 4 is 17.9 Å². The molecule has 0 radical (unpaired) electrons. The van der Waals surface area contributed by atoms with Gasteiger partial charge < -0.3 is 19.7 Å². The van der Waals surface area contributed by atoms with Crippen LogP contribution in [0.2, 0.25) is 0 Å². The van der Waals surface area contributed by atoms with Gasteiger partial charge in [-0.3, -0.25) is 9.59 Å². The lowest BCUT2D eigenvalue weighted by molar-refractivity contribution is -0.136. The standard InChI is InChI=1S/C25H30N2O4/c1-4-30-22-15-20-13-14-27(17-21(20)16-23(22)31-5-2)25(29)18(3)26-24(28)12-11-19-9-7-6-8-10-19/h6-12,15-16,18H,4-5,13-14,17H2,1-3H3,(H,26,28)/b12-11+. The molecule has 1 aliphatic heterocycles. The maximum absolute atomic E-state index is 12.9. The third-order valence-electron chi connectivity index (χ3n) is 5.15. The van der Waals surface area contributed by atoms with Gasteiger partial charge in [0.2, 0.25) is 11.8 Å². The first kappa shape index (κ1) is 22.4. The third kappa shape index (κ3) is 5.87. The molecular formula is C25H30N2O4. The van der Waals surface area contributed by atoms with E-state index >= 15 is 0 Å². The molecule has 0 saturated heterocycles. The number of carbonyl (C=O) groups excluding carboxylic acids is 2. The highest BCUT2D eigenvalue weighted by Crippen LogP contribution is 2.34. The van der Waals surface area contributed by atoms with E-state index < -0.39 is 6.04 Å². The van der Waals surface area contributed by atoms with Crippen LogP contribution in [-0.2, 0) is 22.6 Å². The lowest BCUT2D eigenvalue weighted by Crippen LogP contribution is -2.48. The largest absolute Gasteiger partial charge is 0.490 e. The third-order valence-corrected chi connectivity index (χ3v) is 5.15. The summed E-state index contributed by atoms with van der Waals surface area (Å²) >= 11 is 0. The molecule has 1 unspecified atom stereocenters. The van der Waals surface area contributed by atoms with Gasteiger partial charge in [-0.05, 0) is 62.1 Å². The van der Waals surface area contributed by atoms with Crippen molar-refractivity contribution in [3.63, 3.8) is 0 Å². The monoisotopic (exact) mass is 422 g/mol. The van der Waals surface area contributed by atoms with Crippen LogP contribution in [0.15, 0.2) is 48.5 Å². The first-order valence-electron chi connectivity index (χ1n) is 10.8. The molecule has 31 heavy (non-hydrogen) atoms. The Bertz CT molecular complexity index is 940. The van der Waals surface area contributed by atoms with Gasteiger partial charge in [-0.2, -0.15) is 0 Å². The number of carbonyl (C=O) groups is 2. The number of amides is 2. The van der Waals surface area contributed by atoms with Crippen molar-refractivity contribution < 1.29 is 19.1 Å². The fraction of sp³-hybridized carbons (Fsp3) is 0.360. The minimum absolute atomic E-state index is 0.0982. The molecule has 2 aromatic rings. The molecule has 1 atom stereocenters. The van der Waals surface area contributed by atoms with Crippen molar-refractivity contribution in [2.45, 2.75) is 39.8 Å². The van der Waals surface area contributed by atoms with Crippen LogP contribution in [0.1, 0.15) is 37.5 Å². The normalized spacial score (nSPS) is 14.1. The fourth-order valence-electron chi connectivity index (χ4n) is 3.62.